The molecule has 5 rings (SSSR count). The SMILES string of the molecule is CCC(=O)N1CCC(Oc2ccc3c(c2)N(c2cncc(S(=O)N4CCN(C)CC4)c2)CCO3)C1. The molecule has 0 saturated carbocycles. The van der Waals surface area contributed by atoms with Gasteiger partial charge in [-0.1, -0.05) is 6.92 Å². The van der Waals surface area contributed by atoms with Gasteiger partial charge in [-0.05, 0) is 25.2 Å². The zero-order valence-electron chi connectivity index (χ0n) is 20.4. The van der Waals surface area contributed by atoms with Crippen LogP contribution in [0.5, 0.6) is 11.5 Å². The van der Waals surface area contributed by atoms with Crippen molar-refractivity contribution < 1.29 is 18.5 Å². The van der Waals surface area contributed by atoms with Crippen molar-refractivity contribution in [3.05, 3.63) is 36.7 Å². The Labute approximate surface area is 209 Å². The normalized spacial score (nSPS) is 21.9. The van der Waals surface area contributed by atoms with E-state index in [9.17, 15) is 9.00 Å². The molecule has 2 aromatic rings. The highest BCUT2D eigenvalue weighted by atomic mass is 32.2. The number of amides is 1. The van der Waals surface area contributed by atoms with Crippen LogP contribution in [0.1, 0.15) is 19.8 Å². The highest BCUT2D eigenvalue weighted by Crippen LogP contribution is 2.39. The zero-order chi connectivity index (χ0) is 24.4. The van der Waals surface area contributed by atoms with Crippen molar-refractivity contribution in [2.45, 2.75) is 30.8 Å². The van der Waals surface area contributed by atoms with E-state index in [1.54, 1.807) is 12.4 Å². The van der Waals surface area contributed by atoms with Crippen molar-refractivity contribution in [1.82, 2.24) is 19.1 Å². The van der Waals surface area contributed by atoms with E-state index in [-0.39, 0.29) is 12.0 Å². The predicted molar refractivity (Wildman–Crippen MR) is 135 cm³/mol. The van der Waals surface area contributed by atoms with Gasteiger partial charge in [-0.2, -0.15) is 0 Å². The summed E-state index contributed by atoms with van der Waals surface area (Å²) >= 11 is 0. The molecule has 1 amide bonds. The second kappa shape index (κ2) is 10.5. The van der Waals surface area contributed by atoms with Gasteiger partial charge in [0.25, 0.3) is 0 Å². The molecule has 0 radical (unpaired) electrons. The number of ether oxygens (including phenoxy) is 2. The van der Waals surface area contributed by atoms with Crippen LogP contribution in [0, 0.1) is 0 Å². The monoisotopic (exact) mass is 499 g/mol. The van der Waals surface area contributed by atoms with Gasteiger partial charge in [-0.25, -0.2) is 8.51 Å². The lowest BCUT2D eigenvalue weighted by Crippen LogP contribution is -2.45. The fourth-order valence-electron chi connectivity index (χ4n) is 4.76. The number of benzene rings is 1. The van der Waals surface area contributed by atoms with Crippen LogP contribution in [0.25, 0.3) is 0 Å². The standard InChI is InChI=1S/C25H33N5O4S/c1-3-25(31)28-7-6-21(18-28)34-20-4-5-24-23(15-20)30(12-13-33-24)19-14-22(17-26-16-19)35(32)29-10-8-27(2)9-11-29/h4-5,14-17,21H,3,6-13,18H2,1-2H3. The van der Waals surface area contributed by atoms with Gasteiger partial charge in [0.15, 0.2) is 0 Å². The molecule has 2 atom stereocenters. The van der Waals surface area contributed by atoms with E-state index in [1.807, 2.05) is 40.4 Å². The third-order valence-electron chi connectivity index (χ3n) is 6.81. The fourth-order valence-corrected chi connectivity index (χ4v) is 5.93. The Kier molecular flexibility index (Phi) is 7.22. The maximum absolute atomic E-state index is 13.2. The van der Waals surface area contributed by atoms with E-state index in [4.69, 9.17) is 9.47 Å². The molecule has 10 heteroatoms. The maximum Gasteiger partial charge on any atom is 0.222 e. The van der Waals surface area contributed by atoms with Crippen LogP contribution in [0.4, 0.5) is 11.4 Å². The molecule has 0 N–H and O–H groups in total. The molecule has 2 saturated heterocycles. The van der Waals surface area contributed by atoms with Gasteiger partial charge >= 0.3 is 0 Å². The third-order valence-corrected chi connectivity index (χ3v) is 8.27. The number of aromatic nitrogens is 1. The van der Waals surface area contributed by atoms with E-state index in [0.29, 0.717) is 31.0 Å². The summed E-state index contributed by atoms with van der Waals surface area (Å²) in [6.45, 7) is 7.82. The number of likely N-dealkylation sites (tertiary alicyclic amines) is 1. The summed E-state index contributed by atoms with van der Waals surface area (Å²) in [7, 11) is 0.843. The molecule has 2 fully saturated rings. The number of likely N-dealkylation sites (N-methyl/N-ethyl adjacent to an activating group) is 1. The molecule has 188 valence electrons. The van der Waals surface area contributed by atoms with Crippen LogP contribution < -0.4 is 14.4 Å². The fraction of sp³-hybridized carbons (Fsp3) is 0.520. The minimum atomic E-state index is -1.24. The van der Waals surface area contributed by atoms with E-state index in [0.717, 1.165) is 62.0 Å². The van der Waals surface area contributed by atoms with Crippen molar-refractivity contribution in [3.8, 4) is 11.5 Å². The van der Waals surface area contributed by atoms with Crippen LogP contribution in [0.15, 0.2) is 41.6 Å². The summed E-state index contributed by atoms with van der Waals surface area (Å²) in [6, 6.07) is 7.81. The number of hydrogen-bond acceptors (Lipinski definition) is 7. The molecule has 1 aromatic carbocycles. The molecular weight excluding hydrogens is 466 g/mol. The van der Waals surface area contributed by atoms with Crippen molar-refractivity contribution >= 4 is 28.3 Å². The van der Waals surface area contributed by atoms with E-state index < -0.39 is 11.0 Å². The van der Waals surface area contributed by atoms with E-state index in [1.165, 1.54) is 0 Å². The van der Waals surface area contributed by atoms with Crippen molar-refractivity contribution in [1.29, 1.82) is 0 Å². The highest BCUT2D eigenvalue weighted by Gasteiger charge is 2.28. The Morgan fingerprint density at radius 2 is 1.97 bits per heavy atom. The maximum atomic E-state index is 13.2. The minimum absolute atomic E-state index is 0.0162. The Morgan fingerprint density at radius 1 is 1.14 bits per heavy atom. The topological polar surface area (TPSA) is 78.5 Å². The van der Waals surface area contributed by atoms with Crippen LogP contribution >= 0.6 is 0 Å². The number of carbonyl (C=O) groups is 1. The largest absolute Gasteiger partial charge is 0.490 e. The van der Waals surface area contributed by atoms with Crippen LogP contribution in [-0.4, -0.2) is 94.8 Å². The van der Waals surface area contributed by atoms with Crippen molar-refractivity contribution in [3.63, 3.8) is 0 Å². The molecule has 2 unspecified atom stereocenters. The summed E-state index contributed by atoms with van der Waals surface area (Å²) in [5.41, 5.74) is 1.78. The lowest BCUT2D eigenvalue weighted by Gasteiger charge is -2.33. The van der Waals surface area contributed by atoms with Gasteiger partial charge in [-0.3, -0.25) is 9.78 Å². The number of fused-ring (bicyclic) bond motifs is 1. The third kappa shape index (κ3) is 5.29. The molecule has 0 spiro atoms. The summed E-state index contributed by atoms with van der Waals surface area (Å²) < 4.78 is 27.4. The Balaban J connectivity index is 1.33. The lowest BCUT2D eigenvalue weighted by atomic mass is 10.2. The van der Waals surface area contributed by atoms with Gasteiger partial charge in [0.05, 0.1) is 35.6 Å². The van der Waals surface area contributed by atoms with Gasteiger partial charge < -0.3 is 24.2 Å². The number of piperazine rings is 1. The minimum Gasteiger partial charge on any atom is -0.490 e. The first-order valence-corrected chi connectivity index (χ1v) is 13.4. The summed E-state index contributed by atoms with van der Waals surface area (Å²) in [5, 5.41) is 0. The first-order valence-electron chi connectivity index (χ1n) is 12.3. The molecule has 3 aliphatic rings. The van der Waals surface area contributed by atoms with Crippen LogP contribution in [0.3, 0.4) is 0 Å². The van der Waals surface area contributed by atoms with Crippen LogP contribution in [-0.2, 0) is 15.8 Å². The average molecular weight is 500 g/mol. The van der Waals surface area contributed by atoms with Crippen molar-refractivity contribution in [2.24, 2.45) is 0 Å². The van der Waals surface area contributed by atoms with Gasteiger partial charge in [0.2, 0.25) is 5.91 Å². The lowest BCUT2D eigenvalue weighted by molar-refractivity contribution is -0.130. The van der Waals surface area contributed by atoms with Crippen LogP contribution in [0.2, 0.25) is 0 Å². The van der Waals surface area contributed by atoms with Gasteiger partial charge in [0, 0.05) is 57.8 Å². The zero-order valence-corrected chi connectivity index (χ0v) is 21.2. The summed E-state index contributed by atoms with van der Waals surface area (Å²) in [6.07, 6.45) is 4.83. The number of nitrogens with zero attached hydrogens (tertiary/aromatic N) is 5. The Bertz CT molecular complexity index is 1090. The molecule has 9 nitrogen and oxygen atoms in total. The highest BCUT2D eigenvalue weighted by molar-refractivity contribution is 7.82. The smallest absolute Gasteiger partial charge is 0.222 e. The number of anilines is 2. The average Bonchev–Trinajstić information content (AvgIpc) is 3.36. The first-order chi connectivity index (χ1) is 17.0. The van der Waals surface area contributed by atoms with Gasteiger partial charge in [-0.15, -0.1) is 0 Å². The van der Waals surface area contributed by atoms with E-state index in [2.05, 4.69) is 21.8 Å². The number of rotatable bonds is 6. The molecular formula is C25H33N5O4S. The number of carbonyl (C=O) groups excluding carboxylic acids is 1. The number of hydrogen-bond donors (Lipinski definition) is 0. The Hall–Kier alpha value is -2.69. The second-order valence-electron chi connectivity index (χ2n) is 9.21. The first kappa shape index (κ1) is 24.0. The van der Waals surface area contributed by atoms with Crippen molar-refractivity contribution in [2.75, 3.05) is 64.4 Å². The van der Waals surface area contributed by atoms with Gasteiger partial charge in [0.1, 0.15) is 35.2 Å². The molecule has 0 aliphatic carbocycles. The predicted octanol–water partition coefficient (Wildman–Crippen LogP) is 2.27. The quantitative estimate of drug-likeness (QED) is 0.603. The molecule has 0 bridgehead atoms. The summed E-state index contributed by atoms with van der Waals surface area (Å²) in [5.74, 6) is 1.70. The molecule has 35 heavy (non-hydrogen) atoms. The van der Waals surface area contributed by atoms with E-state index >= 15 is 0 Å². The molecule has 1 aromatic heterocycles. The molecule has 3 aliphatic heterocycles. The molecule has 4 heterocycles. The second-order valence-corrected chi connectivity index (χ2v) is 10.7. The Morgan fingerprint density at radius 3 is 2.77 bits per heavy atom. The number of pyridine rings is 1. The summed E-state index contributed by atoms with van der Waals surface area (Å²) in [4.78, 5) is 23.4.